The van der Waals surface area contributed by atoms with Crippen LogP contribution in [-0.2, 0) is 0 Å². The third-order valence-electron chi connectivity index (χ3n) is 2.77. The van der Waals surface area contributed by atoms with Crippen molar-refractivity contribution in [1.82, 2.24) is 4.98 Å². The van der Waals surface area contributed by atoms with Crippen molar-refractivity contribution in [2.24, 2.45) is 0 Å². The molecule has 3 rings (SSSR count). The van der Waals surface area contributed by atoms with Crippen molar-refractivity contribution in [3.63, 3.8) is 0 Å². The lowest BCUT2D eigenvalue weighted by Gasteiger charge is -2.06. The van der Waals surface area contributed by atoms with Crippen LogP contribution < -0.4 is 5.73 Å². The molecule has 3 aromatic rings. The Morgan fingerprint density at radius 1 is 1.00 bits per heavy atom. The summed E-state index contributed by atoms with van der Waals surface area (Å²) in [5.74, 6) is 0. The van der Waals surface area contributed by atoms with Crippen molar-refractivity contribution >= 4 is 40.0 Å². The molecule has 0 aliphatic heterocycles. The van der Waals surface area contributed by atoms with Crippen molar-refractivity contribution in [1.29, 1.82) is 0 Å². The maximum absolute atomic E-state index is 5.99. The first kappa shape index (κ1) is 12.3. The Morgan fingerprint density at radius 3 is 2.58 bits per heavy atom. The molecule has 4 heteroatoms. The Kier molecular flexibility index (Phi) is 3.32. The molecule has 0 bridgehead atoms. The van der Waals surface area contributed by atoms with Gasteiger partial charge in [-0.15, -0.1) is 0 Å². The summed E-state index contributed by atoms with van der Waals surface area (Å²) in [6.07, 6.45) is 1.80. The summed E-state index contributed by atoms with van der Waals surface area (Å²) >= 11 is 7.68. The number of halogens is 1. The van der Waals surface area contributed by atoms with Gasteiger partial charge in [0.2, 0.25) is 0 Å². The Bertz CT molecular complexity index is 726. The fourth-order valence-electron chi connectivity index (χ4n) is 1.85. The van der Waals surface area contributed by atoms with E-state index in [1.807, 2.05) is 48.5 Å². The molecule has 0 saturated carbocycles. The molecule has 0 radical (unpaired) electrons. The highest BCUT2D eigenvalue weighted by Crippen LogP contribution is 2.33. The second-order valence-electron chi connectivity index (χ2n) is 4.14. The van der Waals surface area contributed by atoms with Crippen LogP contribution in [0.5, 0.6) is 0 Å². The number of hydrogen-bond acceptors (Lipinski definition) is 3. The van der Waals surface area contributed by atoms with E-state index in [0.29, 0.717) is 5.02 Å². The van der Waals surface area contributed by atoms with Gasteiger partial charge in [-0.1, -0.05) is 29.4 Å². The minimum atomic E-state index is 0.703. The molecule has 2 aromatic carbocycles. The molecule has 1 heterocycles. The molecule has 1 aromatic heterocycles. The van der Waals surface area contributed by atoms with Gasteiger partial charge in [0, 0.05) is 32.1 Å². The summed E-state index contributed by atoms with van der Waals surface area (Å²) in [4.78, 5) is 6.65. The summed E-state index contributed by atoms with van der Waals surface area (Å²) < 4.78 is 0. The molecule has 0 unspecified atom stereocenters. The normalized spacial score (nSPS) is 10.8. The van der Waals surface area contributed by atoms with Gasteiger partial charge < -0.3 is 5.73 Å². The predicted octanol–water partition coefficient (Wildman–Crippen LogP) is 4.62. The number of nitrogen functional groups attached to an aromatic ring is 1. The molecular weight excluding hydrogens is 276 g/mol. The van der Waals surface area contributed by atoms with E-state index in [0.717, 1.165) is 26.4 Å². The first-order valence-electron chi connectivity index (χ1n) is 5.80. The van der Waals surface area contributed by atoms with Crippen LogP contribution >= 0.6 is 23.4 Å². The Labute approximate surface area is 120 Å². The van der Waals surface area contributed by atoms with Gasteiger partial charge in [-0.2, -0.15) is 0 Å². The number of anilines is 1. The van der Waals surface area contributed by atoms with Crippen LogP contribution in [-0.4, -0.2) is 4.98 Å². The lowest BCUT2D eigenvalue weighted by molar-refractivity contribution is 1.34. The molecule has 0 atom stereocenters. The number of benzene rings is 2. The van der Waals surface area contributed by atoms with Crippen molar-refractivity contribution in [3.05, 3.63) is 59.8 Å². The van der Waals surface area contributed by atoms with Crippen LogP contribution in [0.2, 0.25) is 5.02 Å². The van der Waals surface area contributed by atoms with Crippen molar-refractivity contribution in [2.45, 2.75) is 9.79 Å². The fraction of sp³-hybridized carbons (Fsp3) is 0. The summed E-state index contributed by atoms with van der Waals surface area (Å²) in [6, 6.07) is 15.6. The Hall–Kier alpha value is -1.71. The van der Waals surface area contributed by atoms with Crippen LogP contribution in [0, 0.1) is 0 Å². The first-order valence-corrected chi connectivity index (χ1v) is 6.99. The Morgan fingerprint density at radius 2 is 1.79 bits per heavy atom. The van der Waals surface area contributed by atoms with E-state index in [-0.39, 0.29) is 0 Å². The summed E-state index contributed by atoms with van der Waals surface area (Å²) in [5, 5.41) is 1.81. The van der Waals surface area contributed by atoms with Crippen LogP contribution in [0.25, 0.3) is 10.9 Å². The minimum Gasteiger partial charge on any atom is -0.399 e. The average Bonchev–Trinajstić information content (AvgIpc) is 2.41. The number of aromatic nitrogens is 1. The maximum atomic E-state index is 5.99. The van der Waals surface area contributed by atoms with Crippen LogP contribution in [0.3, 0.4) is 0 Å². The molecule has 0 amide bonds. The highest BCUT2D eigenvalue weighted by molar-refractivity contribution is 7.99. The zero-order valence-electron chi connectivity index (χ0n) is 10.0. The lowest BCUT2D eigenvalue weighted by atomic mass is 10.2. The van der Waals surface area contributed by atoms with E-state index in [1.54, 1.807) is 18.0 Å². The van der Waals surface area contributed by atoms with Gasteiger partial charge in [-0.3, -0.25) is 4.98 Å². The standard InChI is InChI=1S/C15H11ClN2S/c16-10-1-6-13-14(9-10)18-8-7-15(13)19-12-4-2-11(17)3-5-12/h1-9H,17H2. The second kappa shape index (κ2) is 5.11. The van der Waals surface area contributed by atoms with Gasteiger partial charge in [0.05, 0.1) is 5.52 Å². The largest absolute Gasteiger partial charge is 0.399 e. The van der Waals surface area contributed by atoms with Gasteiger partial charge in [0.1, 0.15) is 0 Å². The smallest absolute Gasteiger partial charge is 0.0728 e. The topological polar surface area (TPSA) is 38.9 Å². The SMILES string of the molecule is Nc1ccc(Sc2ccnc3cc(Cl)ccc23)cc1. The number of fused-ring (bicyclic) bond motifs is 1. The van der Waals surface area contributed by atoms with Gasteiger partial charge in [0.25, 0.3) is 0 Å². The van der Waals surface area contributed by atoms with Crippen molar-refractivity contribution in [2.75, 3.05) is 5.73 Å². The molecule has 2 nitrogen and oxygen atoms in total. The van der Waals surface area contributed by atoms with Crippen molar-refractivity contribution < 1.29 is 0 Å². The van der Waals surface area contributed by atoms with E-state index in [4.69, 9.17) is 17.3 Å². The average molecular weight is 287 g/mol. The van der Waals surface area contributed by atoms with Crippen LogP contribution in [0.1, 0.15) is 0 Å². The summed E-state index contributed by atoms with van der Waals surface area (Å²) in [7, 11) is 0. The van der Waals surface area contributed by atoms with E-state index in [1.165, 1.54) is 0 Å². The van der Waals surface area contributed by atoms with Crippen LogP contribution in [0.4, 0.5) is 5.69 Å². The maximum Gasteiger partial charge on any atom is 0.0728 e. The van der Waals surface area contributed by atoms with E-state index < -0.39 is 0 Å². The first-order chi connectivity index (χ1) is 9.22. The van der Waals surface area contributed by atoms with Gasteiger partial charge in [0.15, 0.2) is 0 Å². The number of pyridine rings is 1. The highest BCUT2D eigenvalue weighted by Gasteiger charge is 2.04. The van der Waals surface area contributed by atoms with E-state index >= 15 is 0 Å². The number of nitrogens with two attached hydrogens (primary N) is 1. The number of nitrogens with zero attached hydrogens (tertiary/aromatic N) is 1. The fourth-order valence-corrected chi connectivity index (χ4v) is 2.95. The quantitative estimate of drug-likeness (QED) is 0.699. The number of rotatable bonds is 2. The van der Waals surface area contributed by atoms with Gasteiger partial charge in [-0.25, -0.2) is 0 Å². The van der Waals surface area contributed by atoms with Gasteiger partial charge in [-0.05, 0) is 42.5 Å². The third-order valence-corrected chi connectivity index (χ3v) is 4.09. The highest BCUT2D eigenvalue weighted by atomic mass is 35.5. The minimum absolute atomic E-state index is 0.703. The van der Waals surface area contributed by atoms with E-state index in [2.05, 4.69) is 4.98 Å². The summed E-state index contributed by atoms with van der Waals surface area (Å²) in [5.41, 5.74) is 7.38. The molecule has 0 fully saturated rings. The molecule has 19 heavy (non-hydrogen) atoms. The predicted molar refractivity (Wildman–Crippen MR) is 81.7 cm³/mol. The molecule has 0 saturated heterocycles. The monoisotopic (exact) mass is 286 g/mol. The van der Waals surface area contributed by atoms with Gasteiger partial charge >= 0.3 is 0 Å². The third kappa shape index (κ3) is 2.67. The zero-order valence-corrected chi connectivity index (χ0v) is 11.6. The molecule has 0 aliphatic rings. The summed E-state index contributed by atoms with van der Waals surface area (Å²) in [6.45, 7) is 0. The Balaban J connectivity index is 2.03. The molecule has 94 valence electrons. The second-order valence-corrected chi connectivity index (χ2v) is 5.69. The molecule has 2 N–H and O–H groups in total. The van der Waals surface area contributed by atoms with E-state index in [9.17, 15) is 0 Å². The van der Waals surface area contributed by atoms with Crippen molar-refractivity contribution in [3.8, 4) is 0 Å². The molecule has 0 spiro atoms. The number of hydrogen-bond donors (Lipinski definition) is 1. The van der Waals surface area contributed by atoms with Crippen LogP contribution in [0.15, 0.2) is 64.5 Å². The zero-order chi connectivity index (χ0) is 13.2. The molecule has 0 aliphatic carbocycles. The lowest BCUT2D eigenvalue weighted by Crippen LogP contribution is -1.84. The molecular formula is C15H11ClN2S.